The summed E-state index contributed by atoms with van der Waals surface area (Å²) in [6.07, 6.45) is 4.34. The molecule has 0 atom stereocenters. The lowest BCUT2D eigenvalue weighted by Gasteiger charge is -2.34. The summed E-state index contributed by atoms with van der Waals surface area (Å²) in [5.41, 5.74) is 2.15. The first-order valence-electron chi connectivity index (χ1n) is 10.6. The molecule has 1 fully saturated rings. The maximum absolute atomic E-state index is 4.90. The summed E-state index contributed by atoms with van der Waals surface area (Å²) in [5.74, 6) is 1.66. The molecule has 146 valence electrons. The fourth-order valence-electron chi connectivity index (χ4n) is 4.17. The van der Waals surface area contributed by atoms with Crippen molar-refractivity contribution >= 4 is 16.7 Å². The minimum absolute atomic E-state index is 0.792. The number of hydrogen-bond donors (Lipinski definition) is 0. The molecule has 0 aliphatic carbocycles. The highest BCUT2D eigenvalue weighted by molar-refractivity contribution is 5.86. The second kappa shape index (κ2) is 8.70. The largest absolute Gasteiger partial charge is 0.341 e. The van der Waals surface area contributed by atoms with Gasteiger partial charge in [-0.2, -0.15) is 0 Å². The number of nitrogens with zero attached hydrogens (tertiary/aromatic N) is 4. The van der Waals surface area contributed by atoms with Gasteiger partial charge in [-0.15, -0.1) is 0 Å². The number of piperidine rings is 1. The first-order chi connectivity index (χ1) is 13.8. The van der Waals surface area contributed by atoms with E-state index < -0.39 is 0 Å². The molecule has 0 N–H and O–H groups in total. The van der Waals surface area contributed by atoms with Crippen molar-refractivity contribution in [3.05, 3.63) is 54.7 Å². The fourth-order valence-corrected chi connectivity index (χ4v) is 4.17. The Morgan fingerprint density at radius 1 is 0.964 bits per heavy atom. The molecule has 1 saturated heterocycles. The number of benzene rings is 2. The van der Waals surface area contributed by atoms with Crippen LogP contribution in [0.5, 0.6) is 0 Å². The van der Waals surface area contributed by atoms with Crippen molar-refractivity contribution in [3.8, 4) is 11.3 Å². The lowest BCUT2D eigenvalue weighted by molar-refractivity contribution is 0.228. The Kier molecular flexibility index (Phi) is 5.87. The molecule has 0 spiro atoms. The maximum Gasteiger partial charge on any atom is 0.225 e. The fraction of sp³-hybridized carbons (Fsp3) is 0.417. The number of anilines is 1. The minimum Gasteiger partial charge on any atom is -0.341 e. The van der Waals surface area contributed by atoms with Crippen molar-refractivity contribution < 1.29 is 0 Å². The van der Waals surface area contributed by atoms with Gasteiger partial charge in [0.25, 0.3) is 0 Å². The van der Waals surface area contributed by atoms with Crippen LogP contribution in [-0.2, 0) is 0 Å². The van der Waals surface area contributed by atoms with Gasteiger partial charge in [0.05, 0.1) is 5.69 Å². The van der Waals surface area contributed by atoms with Gasteiger partial charge in [-0.25, -0.2) is 9.97 Å². The number of fused-ring (bicyclic) bond motifs is 1. The van der Waals surface area contributed by atoms with Gasteiger partial charge >= 0.3 is 0 Å². The van der Waals surface area contributed by atoms with Crippen molar-refractivity contribution in [1.29, 1.82) is 0 Å². The van der Waals surface area contributed by atoms with E-state index in [1.807, 2.05) is 12.3 Å². The molecule has 4 rings (SSSR count). The van der Waals surface area contributed by atoms with Crippen molar-refractivity contribution in [1.82, 2.24) is 14.9 Å². The predicted octanol–water partition coefficient (Wildman–Crippen LogP) is 4.86. The van der Waals surface area contributed by atoms with Gasteiger partial charge in [-0.05, 0) is 54.8 Å². The molecule has 0 radical (unpaired) electrons. The van der Waals surface area contributed by atoms with E-state index in [9.17, 15) is 0 Å². The van der Waals surface area contributed by atoms with Gasteiger partial charge in [0.15, 0.2) is 0 Å². The van der Waals surface area contributed by atoms with Gasteiger partial charge in [0, 0.05) is 31.4 Å². The average Bonchev–Trinajstić information content (AvgIpc) is 2.77. The number of rotatable bonds is 6. The second-order valence-corrected chi connectivity index (χ2v) is 7.72. The van der Waals surface area contributed by atoms with Gasteiger partial charge < -0.3 is 9.80 Å². The highest BCUT2D eigenvalue weighted by Gasteiger charge is 2.22. The minimum atomic E-state index is 0.792. The molecule has 3 aromatic rings. The first kappa shape index (κ1) is 18.9. The molecule has 1 aromatic heterocycles. The smallest absolute Gasteiger partial charge is 0.225 e. The standard InChI is InChI=1S/C24H30N4/c1-3-27(4-2)18-19-12-15-28(16-13-19)24-25-14-11-23(26-24)22-10-9-20-7-5-6-8-21(20)17-22/h5-11,14,17,19H,3-4,12-13,15-16,18H2,1-2H3. The Balaban J connectivity index is 1.47. The summed E-state index contributed by atoms with van der Waals surface area (Å²) in [6.45, 7) is 10.1. The molecule has 0 saturated carbocycles. The summed E-state index contributed by atoms with van der Waals surface area (Å²) >= 11 is 0. The molecular formula is C24H30N4. The molecular weight excluding hydrogens is 344 g/mol. The van der Waals surface area contributed by atoms with Crippen LogP contribution in [0.2, 0.25) is 0 Å². The summed E-state index contributed by atoms with van der Waals surface area (Å²) in [6, 6.07) is 17.0. The molecule has 0 bridgehead atoms. The Labute approximate surface area is 168 Å². The molecule has 4 nitrogen and oxygen atoms in total. The van der Waals surface area contributed by atoms with Gasteiger partial charge in [-0.3, -0.25) is 0 Å². The Hall–Kier alpha value is -2.46. The summed E-state index contributed by atoms with van der Waals surface area (Å²) in [4.78, 5) is 14.4. The normalized spacial score (nSPS) is 15.5. The van der Waals surface area contributed by atoms with Crippen molar-refractivity contribution in [2.45, 2.75) is 26.7 Å². The summed E-state index contributed by atoms with van der Waals surface area (Å²) < 4.78 is 0. The number of aromatic nitrogens is 2. The molecule has 0 amide bonds. The highest BCUT2D eigenvalue weighted by atomic mass is 15.3. The maximum atomic E-state index is 4.90. The topological polar surface area (TPSA) is 32.3 Å². The van der Waals surface area contributed by atoms with Crippen LogP contribution in [0, 0.1) is 5.92 Å². The molecule has 28 heavy (non-hydrogen) atoms. The van der Waals surface area contributed by atoms with E-state index >= 15 is 0 Å². The van der Waals surface area contributed by atoms with Gasteiger partial charge in [0.1, 0.15) is 0 Å². The third-order valence-electron chi connectivity index (χ3n) is 6.00. The van der Waals surface area contributed by atoms with Gasteiger partial charge in [-0.1, -0.05) is 50.2 Å². The van der Waals surface area contributed by atoms with E-state index in [-0.39, 0.29) is 0 Å². The van der Waals surface area contributed by atoms with E-state index in [0.717, 1.165) is 49.3 Å². The zero-order valence-corrected chi connectivity index (χ0v) is 17.0. The first-order valence-corrected chi connectivity index (χ1v) is 10.6. The van der Waals surface area contributed by atoms with E-state index in [2.05, 4.69) is 71.1 Å². The zero-order valence-electron chi connectivity index (χ0n) is 17.0. The molecule has 1 aliphatic rings. The average molecular weight is 375 g/mol. The molecule has 4 heteroatoms. The van der Waals surface area contributed by atoms with Crippen molar-refractivity contribution in [2.75, 3.05) is 37.6 Å². The lowest BCUT2D eigenvalue weighted by atomic mass is 9.96. The molecule has 1 aliphatic heterocycles. The predicted molar refractivity (Wildman–Crippen MR) is 118 cm³/mol. The van der Waals surface area contributed by atoms with Crippen LogP contribution in [0.15, 0.2) is 54.7 Å². The third kappa shape index (κ3) is 4.17. The van der Waals surface area contributed by atoms with Crippen LogP contribution in [-0.4, -0.2) is 47.6 Å². The van der Waals surface area contributed by atoms with Crippen LogP contribution in [0.3, 0.4) is 0 Å². The van der Waals surface area contributed by atoms with Crippen LogP contribution in [0.4, 0.5) is 5.95 Å². The van der Waals surface area contributed by atoms with Crippen molar-refractivity contribution in [2.24, 2.45) is 5.92 Å². The lowest BCUT2D eigenvalue weighted by Crippen LogP contribution is -2.39. The van der Waals surface area contributed by atoms with Crippen molar-refractivity contribution in [3.63, 3.8) is 0 Å². The molecule has 0 unspecified atom stereocenters. The Morgan fingerprint density at radius 2 is 1.71 bits per heavy atom. The zero-order chi connectivity index (χ0) is 19.3. The van der Waals surface area contributed by atoms with E-state index in [1.54, 1.807) is 0 Å². The van der Waals surface area contributed by atoms with Gasteiger partial charge in [0.2, 0.25) is 5.95 Å². The van der Waals surface area contributed by atoms with E-state index in [1.165, 1.54) is 30.2 Å². The molecule has 2 aromatic carbocycles. The van der Waals surface area contributed by atoms with Crippen LogP contribution in [0.1, 0.15) is 26.7 Å². The monoisotopic (exact) mass is 374 g/mol. The second-order valence-electron chi connectivity index (χ2n) is 7.72. The SMILES string of the molecule is CCN(CC)CC1CCN(c2nccc(-c3ccc4ccccc4c3)n2)CC1. The van der Waals surface area contributed by atoms with E-state index in [0.29, 0.717) is 0 Å². The summed E-state index contributed by atoms with van der Waals surface area (Å²) in [5, 5.41) is 2.51. The molecule has 2 heterocycles. The highest BCUT2D eigenvalue weighted by Crippen LogP contribution is 2.26. The van der Waals surface area contributed by atoms with E-state index in [4.69, 9.17) is 4.98 Å². The number of hydrogen-bond acceptors (Lipinski definition) is 4. The van der Waals surface area contributed by atoms with Crippen LogP contribution >= 0.6 is 0 Å². The Morgan fingerprint density at radius 3 is 2.46 bits per heavy atom. The van der Waals surface area contributed by atoms with Crippen LogP contribution < -0.4 is 4.90 Å². The Bertz CT molecular complexity index is 911. The quantitative estimate of drug-likeness (QED) is 0.617. The third-order valence-corrected chi connectivity index (χ3v) is 6.00. The summed E-state index contributed by atoms with van der Waals surface area (Å²) in [7, 11) is 0. The van der Waals surface area contributed by atoms with Crippen LogP contribution in [0.25, 0.3) is 22.0 Å².